The summed E-state index contributed by atoms with van der Waals surface area (Å²) in [6.45, 7) is 6.19. The summed E-state index contributed by atoms with van der Waals surface area (Å²) in [5, 5.41) is 0. The van der Waals surface area contributed by atoms with E-state index in [0.29, 0.717) is 17.7 Å². The third kappa shape index (κ3) is 4.72. The van der Waals surface area contributed by atoms with Gasteiger partial charge in [-0.2, -0.15) is 0 Å². The Balaban J connectivity index is 2.73. The van der Waals surface area contributed by atoms with Gasteiger partial charge in [0.1, 0.15) is 0 Å². The summed E-state index contributed by atoms with van der Waals surface area (Å²) in [6.07, 6.45) is 2.18. The Labute approximate surface area is 156 Å². The van der Waals surface area contributed by atoms with Crippen molar-refractivity contribution >= 4 is 19.8 Å². The van der Waals surface area contributed by atoms with Gasteiger partial charge in [-0.25, -0.2) is 22.1 Å². The van der Waals surface area contributed by atoms with Crippen molar-refractivity contribution in [1.82, 2.24) is 4.72 Å². The number of rotatable bonds is 7. The lowest BCUT2D eigenvalue weighted by Gasteiger charge is -2.17. The molecule has 142 valence electrons. The molecule has 0 radical (unpaired) electrons. The van der Waals surface area contributed by atoms with Crippen LogP contribution >= 0.6 is 0 Å². The lowest BCUT2D eigenvalue weighted by atomic mass is 10.0. The lowest BCUT2D eigenvalue weighted by molar-refractivity contribution is 0.560. The van der Waals surface area contributed by atoms with Gasteiger partial charge < -0.3 is 0 Å². The molecule has 0 saturated heterocycles. The SMILES string of the molecule is CCc1ccc(-c2c(S(C)(=N)=O)cccc2S(=O)(=O)NCC(C)C)cc1. The van der Waals surface area contributed by atoms with Gasteiger partial charge in [-0.1, -0.05) is 51.1 Å². The fourth-order valence-corrected chi connectivity index (χ4v) is 5.09. The average molecular weight is 395 g/mol. The average Bonchev–Trinajstić information content (AvgIpc) is 2.59. The zero-order valence-electron chi connectivity index (χ0n) is 15.6. The van der Waals surface area contributed by atoms with E-state index in [1.54, 1.807) is 12.1 Å². The van der Waals surface area contributed by atoms with E-state index in [-0.39, 0.29) is 15.7 Å². The number of sulfonamides is 1. The molecule has 0 amide bonds. The minimum absolute atomic E-state index is 0.0572. The molecular weight excluding hydrogens is 368 g/mol. The van der Waals surface area contributed by atoms with Crippen LogP contribution in [0.4, 0.5) is 0 Å². The van der Waals surface area contributed by atoms with E-state index >= 15 is 0 Å². The highest BCUT2D eigenvalue weighted by Crippen LogP contribution is 2.34. The summed E-state index contributed by atoms with van der Waals surface area (Å²) in [5.74, 6) is 0.159. The first kappa shape index (κ1) is 20.6. The quantitative estimate of drug-likeness (QED) is 0.747. The maximum Gasteiger partial charge on any atom is 0.241 e. The normalized spacial score (nSPS) is 14.3. The van der Waals surface area contributed by atoms with Gasteiger partial charge >= 0.3 is 0 Å². The van der Waals surface area contributed by atoms with Crippen molar-refractivity contribution in [2.75, 3.05) is 12.8 Å². The summed E-state index contributed by atoms with van der Waals surface area (Å²) < 4.78 is 48.9. The number of hydrogen-bond acceptors (Lipinski definition) is 4. The minimum Gasteiger partial charge on any atom is -0.249 e. The topological polar surface area (TPSA) is 87.1 Å². The van der Waals surface area contributed by atoms with Crippen LogP contribution in [0, 0.1) is 10.7 Å². The molecular formula is C19H26N2O3S2. The molecule has 0 aliphatic rings. The van der Waals surface area contributed by atoms with Gasteiger partial charge in [0.15, 0.2) is 0 Å². The standard InChI is InChI=1S/C19H26N2O3S2/c1-5-15-9-11-16(12-10-15)19-17(25(4,20)22)7-6-8-18(19)26(23,24)21-13-14(2)3/h6-12,14,20-21H,5,13H2,1-4H3. The fourth-order valence-electron chi connectivity index (χ4n) is 2.61. The van der Waals surface area contributed by atoms with Crippen LogP contribution in [0.5, 0.6) is 0 Å². The van der Waals surface area contributed by atoms with Gasteiger partial charge in [-0.3, -0.25) is 0 Å². The molecule has 26 heavy (non-hydrogen) atoms. The Morgan fingerprint density at radius 2 is 1.58 bits per heavy atom. The van der Waals surface area contributed by atoms with E-state index < -0.39 is 19.8 Å². The molecule has 0 aliphatic heterocycles. The van der Waals surface area contributed by atoms with Crippen LogP contribution in [0.25, 0.3) is 11.1 Å². The van der Waals surface area contributed by atoms with Gasteiger partial charge in [0, 0.05) is 18.4 Å². The molecule has 2 rings (SSSR count). The maximum absolute atomic E-state index is 12.9. The first-order valence-electron chi connectivity index (χ1n) is 8.52. The summed E-state index contributed by atoms with van der Waals surface area (Å²) in [4.78, 5) is 0.288. The van der Waals surface area contributed by atoms with Crippen LogP contribution in [0.1, 0.15) is 26.3 Å². The molecule has 7 heteroatoms. The molecule has 2 N–H and O–H groups in total. The molecule has 0 fully saturated rings. The second kappa shape index (κ2) is 7.90. The number of hydrogen-bond donors (Lipinski definition) is 2. The largest absolute Gasteiger partial charge is 0.249 e. The molecule has 0 bridgehead atoms. The maximum atomic E-state index is 12.9. The van der Waals surface area contributed by atoms with Crippen molar-refractivity contribution < 1.29 is 12.6 Å². The van der Waals surface area contributed by atoms with E-state index in [4.69, 9.17) is 4.78 Å². The molecule has 0 saturated carbocycles. The predicted molar refractivity (Wildman–Crippen MR) is 106 cm³/mol. The second-order valence-electron chi connectivity index (χ2n) is 6.77. The first-order chi connectivity index (χ1) is 12.1. The number of nitrogens with one attached hydrogen (secondary N) is 2. The molecule has 0 aromatic heterocycles. The van der Waals surface area contributed by atoms with Crippen molar-refractivity contribution in [3.8, 4) is 11.1 Å². The van der Waals surface area contributed by atoms with Crippen molar-refractivity contribution in [2.45, 2.75) is 37.0 Å². The monoisotopic (exact) mass is 394 g/mol. The van der Waals surface area contributed by atoms with E-state index in [1.807, 2.05) is 45.0 Å². The summed E-state index contributed by atoms with van der Waals surface area (Å²) in [5.41, 5.74) is 2.11. The van der Waals surface area contributed by atoms with Crippen LogP contribution in [0.15, 0.2) is 52.3 Å². The molecule has 0 heterocycles. The van der Waals surface area contributed by atoms with Gasteiger partial charge in [0.05, 0.1) is 19.5 Å². The van der Waals surface area contributed by atoms with Crippen LogP contribution in [0.2, 0.25) is 0 Å². The number of aryl methyl sites for hydroxylation is 1. The zero-order valence-corrected chi connectivity index (χ0v) is 17.2. The Bertz CT molecular complexity index is 978. The van der Waals surface area contributed by atoms with E-state index in [1.165, 1.54) is 12.3 Å². The van der Waals surface area contributed by atoms with Crippen molar-refractivity contribution in [3.63, 3.8) is 0 Å². The van der Waals surface area contributed by atoms with Crippen molar-refractivity contribution in [3.05, 3.63) is 48.0 Å². The second-order valence-corrected chi connectivity index (χ2v) is 10.6. The molecule has 2 aromatic carbocycles. The highest BCUT2D eigenvalue weighted by molar-refractivity contribution is 7.92. The smallest absolute Gasteiger partial charge is 0.241 e. The van der Waals surface area contributed by atoms with E-state index in [2.05, 4.69) is 4.72 Å². The Hall–Kier alpha value is -1.70. The highest BCUT2D eigenvalue weighted by Gasteiger charge is 2.24. The van der Waals surface area contributed by atoms with E-state index in [0.717, 1.165) is 12.0 Å². The van der Waals surface area contributed by atoms with Crippen molar-refractivity contribution in [2.24, 2.45) is 5.92 Å². The fraction of sp³-hybridized carbons (Fsp3) is 0.368. The minimum atomic E-state index is -3.79. The van der Waals surface area contributed by atoms with Gasteiger partial charge in [0.2, 0.25) is 10.0 Å². The van der Waals surface area contributed by atoms with Crippen LogP contribution < -0.4 is 4.72 Å². The predicted octanol–water partition coefficient (Wildman–Crippen LogP) is 3.89. The molecule has 0 spiro atoms. The molecule has 5 nitrogen and oxygen atoms in total. The van der Waals surface area contributed by atoms with Crippen LogP contribution in [-0.4, -0.2) is 25.4 Å². The Morgan fingerprint density at radius 1 is 1.00 bits per heavy atom. The third-order valence-electron chi connectivity index (χ3n) is 4.03. The molecule has 0 aliphatic carbocycles. The van der Waals surface area contributed by atoms with Crippen LogP contribution in [-0.2, 0) is 26.2 Å². The lowest BCUT2D eigenvalue weighted by Crippen LogP contribution is -2.28. The van der Waals surface area contributed by atoms with Crippen LogP contribution in [0.3, 0.4) is 0 Å². The van der Waals surface area contributed by atoms with Crippen molar-refractivity contribution in [1.29, 1.82) is 4.78 Å². The summed E-state index contributed by atoms with van der Waals surface area (Å²) >= 11 is 0. The van der Waals surface area contributed by atoms with Gasteiger partial charge in [0.25, 0.3) is 0 Å². The molecule has 1 atom stereocenters. The Morgan fingerprint density at radius 3 is 2.08 bits per heavy atom. The molecule has 1 unspecified atom stereocenters. The molecule has 2 aromatic rings. The van der Waals surface area contributed by atoms with Gasteiger partial charge in [-0.15, -0.1) is 0 Å². The number of benzene rings is 2. The summed E-state index contributed by atoms with van der Waals surface area (Å²) in [7, 11) is -6.90. The third-order valence-corrected chi connectivity index (χ3v) is 6.68. The van der Waals surface area contributed by atoms with E-state index in [9.17, 15) is 12.6 Å². The highest BCUT2D eigenvalue weighted by atomic mass is 32.2. The zero-order chi connectivity index (χ0) is 19.5. The Kier molecular flexibility index (Phi) is 6.26. The summed E-state index contributed by atoms with van der Waals surface area (Å²) in [6, 6.07) is 12.1. The first-order valence-corrected chi connectivity index (χ1v) is 12.0. The van der Waals surface area contributed by atoms with Gasteiger partial charge in [-0.05, 0) is 35.6 Å².